The summed E-state index contributed by atoms with van der Waals surface area (Å²) in [5.41, 5.74) is 2.27. The summed E-state index contributed by atoms with van der Waals surface area (Å²) in [5, 5.41) is 0. The zero-order valence-corrected chi connectivity index (χ0v) is 17.0. The highest BCUT2D eigenvalue weighted by molar-refractivity contribution is 7.85. The Balaban J connectivity index is 0.000000186. The lowest BCUT2D eigenvalue weighted by atomic mass is 10.2. The van der Waals surface area contributed by atoms with Crippen molar-refractivity contribution in [3.8, 4) is 0 Å². The molecule has 0 aliphatic carbocycles. The highest BCUT2D eigenvalue weighted by Gasteiger charge is 2.13. The minimum atomic E-state index is -4.27. The molecular weight excluding hydrogens is 447 g/mol. The van der Waals surface area contributed by atoms with Crippen LogP contribution in [0.3, 0.4) is 0 Å². The average molecular weight is 466 g/mol. The molecule has 0 heterocycles. The van der Waals surface area contributed by atoms with Crippen molar-refractivity contribution in [3.05, 3.63) is 97.1 Å². The van der Waals surface area contributed by atoms with Gasteiger partial charge < -0.3 is 4.55 Å². The van der Waals surface area contributed by atoms with Gasteiger partial charge in [0.15, 0.2) is 7.14 Å². The SMILES string of the molecule is Cc1ccc(S(=O)(=O)[O-])cc1.Cc1ccc([I+]c2ccccc2)cc1. The first-order valence-corrected chi connectivity index (χ1v) is 11.2. The van der Waals surface area contributed by atoms with Crippen LogP contribution in [0.5, 0.6) is 0 Å². The Bertz CT molecular complexity index is 888. The molecule has 0 saturated carbocycles. The zero-order valence-electron chi connectivity index (χ0n) is 14.0. The van der Waals surface area contributed by atoms with Crippen molar-refractivity contribution in [2.75, 3.05) is 0 Å². The van der Waals surface area contributed by atoms with E-state index in [1.807, 2.05) is 6.92 Å². The van der Waals surface area contributed by atoms with Gasteiger partial charge in [0, 0.05) is 0 Å². The number of halogens is 1. The summed E-state index contributed by atoms with van der Waals surface area (Å²) in [6.07, 6.45) is 0. The fourth-order valence-electron chi connectivity index (χ4n) is 1.90. The number of aryl methyl sites for hydroxylation is 2. The summed E-state index contributed by atoms with van der Waals surface area (Å²) in [7, 11) is -4.27. The van der Waals surface area contributed by atoms with Crippen molar-refractivity contribution in [1.29, 1.82) is 0 Å². The molecule has 0 radical (unpaired) electrons. The van der Waals surface area contributed by atoms with Crippen LogP contribution in [0, 0.1) is 21.0 Å². The fraction of sp³-hybridized carbons (Fsp3) is 0.100. The van der Waals surface area contributed by atoms with Gasteiger partial charge in [0.1, 0.15) is 10.1 Å². The predicted octanol–water partition coefficient (Wildman–Crippen LogP) is 1.02. The van der Waals surface area contributed by atoms with Gasteiger partial charge in [0.25, 0.3) is 0 Å². The van der Waals surface area contributed by atoms with Gasteiger partial charge in [0.05, 0.1) is 4.90 Å². The van der Waals surface area contributed by atoms with E-state index in [0.29, 0.717) is 0 Å². The van der Waals surface area contributed by atoms with Crippen LogP contribution >= 0.6 is 0 Å². The zero-order chi connectivity index (χ0) is 18.3. The van der Waals surface area contributed by atoms with Crippen LogP contribution in [0.2, 0.25) is 0 Å². The molecule has 3 nitrogen and oxygen atoms in total. The molecule has 3 aromatic carbocycles. The molecule has 0 N–H and O–H groups in total. The fourth-order valence-corrected chi connectivity index (χ4v) is 4.59. The molecule has 0 spiro atoms. The van der Waals surface area contributed by atoms with E-state index in [9.17, 15) is 13.0 Å². The lowest BCUT2D eigenvalue weighted by molar-refractivity contribution is -0.597. The van der Waals surface area contributed by atoms with Crippen molar-refractivity contribution in [3.63, 3.8) is 0 Å². The molecule has 0 fully saturated rings. The number of hydrogen-bond donors (Lipinski definition) is 0. The average Bonchev–Trinajstić information content (AvgIpc) is 2.58. The van der Waals surface area contributed by atoms with Crippen molar-refractivity contribution in [2.24, 2.45) is 0 Å². The summed E-state index contributed by atoms with van der Waals surface area (Å²) in [5.74, 6) is 0. The first-order valence-electron chi connectivity index (χ1n) is 7.64. The van der Waals surface area contributed by atoms with Gasteiger partial charge >= 0.3 is 21.2 Å². The van der Waals surface area contributed by atoms with Gasteiger partial charge in [0.2, 0.25) is 0 Å². The largest absolute Gasteiger partial charge is 0.744 e. The summed E-state index contributed by atoms with van der Waals surface area (Å²) < 4.78 is 34.1. The van der Waals surface area contributed by atoms with Crippen molar-refractivity contribution in [2.45, 2.75) is 18.7 Å². The van der Waals surface area contributed by atoms with E-state index in [0.717, 1.165) is 5.56 Å². The third kappa shape index (κ3) is 6.97. The van der Waals surface area contributed by atoms with E-state index in [-0.39, 0.29) is 26.1 Å². The van der Waals surface area contributed by atoms with Crippen LogP contribution in [-0.2, 0) is 10.1 Å². The van der Waals surface area contributed by atoms with Gasteiger partial charge in [-0.15, -0.1) is 0 Å². The van der Waals surface area contributed by atoms with E-state index in [1.54, 1.807) is 12.1 Å². The summed E-state index contributed by atoms with van der Waals surface area (Å²) >= 11 is 0.0159. The lowest BCUT2D eigenvalue weighted by Crippen LogP contribution is -3.61. The molecule has 0 amide bonds. The molecule has 0 aliphatic rings. The maximum absolute atomic E-state index is 10.4. The van der Waals surface area contributed by atoms with E-state index < -0.39 is 10.1 Å². The molecule has 0 atom stereocenters. The molecule has 0 unspecified atom stereocenters. The molecule has 0 bridgehead atoms. The van der Waals surface area contributed by atoms with Gasteiger partial charge in [-0.2, -0.15) is 0 Å². The topological polar surface area (TPSA) is 57.2 Å². The monoisotopic (exact) mass is 466 g/mol. The number of hydrogen-bond acceptors (Lipinski definition) is 3. The summed E-state index contributed by atoms with van der Waals surface area (Å²) in [4.78, 5) is -0.178. The van der Waals surface area contributed by atoms with Gasteiger partial charge in [-0.1, -0.05) is 53.6 Å². The molecule has 3 rings (SSSR count). The third-order valence-electron chi connectivity index (χ3n) is 3.27. The second-order valence-electron chi connectivity index (χ2n) is 5.45. The van der Waals surface area contributed by atoms with Crippen molar-refractivity contribution < 1.29 is 34.2 Å². The number of benzene rings is 3. The first-order chi connectivity index (χ1) is 11.8. The minimum absolute atomic E-state index is 0.0159. The smallest absolute Gasteiger partial charge is 0.357 e. The molecule has 25 heavy (non-hydrogen) atoms. The molecule has 0 aromatic heterocycles. The predicted molar refractivity (Wildman–Crippen MR) is 94.2 cm³/mol. The Hall–Kier alpha value is -1.70. The molecule has 0 aliphatic heterocycles. The van der Waals surface area contributed by atoms with Crippen LogP contribution in [0.1, 0.15) is 11.1 Å². The molecule has 5 heteroatoms. The molecule has 130 valence electrons. The Morgan fingerprint density at radius 3 is 1.60 bits per heavy atom. The van der Waals surface area contributed by atoms with Crippen LogP contribution < -0.4 is 21.2 Å². The van der Waals surface area contributed by atoms with E-state index in [4.69, 9.17) is 0 Å². The highest BCUT2D eigenvalue weighted by atomic mass is 127. The van der Waals surface area contributed by atoms with E-state index in [1.165, 1.54) is 24.8 Å². The Kier molecular flexibility index (Phi) is 7.16. The van der Waals surface area contributed by atoms with Crippen molar-refractivity contribution in [1.82, 2.24) is 0 Å². The summed E-state index contributed by atoms with van der Waals surface area (Å²) in [6.45, 7) is 3.95. The Morgan fingerprint density at radius 2 is 1.12 bits per heavy atom. The van der Waals surface area contributed by atoms with Gasteiger partial charge in [-0.05, 0) is 50.2 Å². The Morgan fingerprint density at radius 1 is 0.680 bits per heavy atom. The minimum Gasteiger partial charge on any atom is -0.744 e. The van der Waals surface area contributed by atoms with Gasteiger partial charge in [-0.3, -0.25) is 0 Å². The third-order valence-corrected chi connectivity index (χ3v) is 6.81. The number of rotatable bonds is 3. The van der Waals surface area contributed by atoms with Gasteiger partial charge in [-0.25, -0.2) is 8.42 Å². The van der Waals surface area contributed by atoms with Crippen LogP contribution in [0.25, 0.3) is 0 Å². The molecule has 3 aromatic rings. The van der Waals surface area contributed by atoms with Crippen LogP contribution in [-0.4, -0.2) is 13.0 Å². The maximum atomic E-state index is 10.4. The van der Waals surface area contributed by atoms with Crippen molar-refractivity contribution >= 4 is 10.1 Å². The standard InChI is InChI=1S/C13H12I.C7H8O3S/c1-11-7-9-13(10-8-11)14-12-5-3-2-4-6-12;1-6-2-4-7(5-3-6)11(8,9)10/h2-10H,1H3;2-5H,1H3,(H,8,9,10)/q+1;/p-1. The quantitative estimate of drug-likeness (QED) is 0.428. The van der Waals surface area contributed by atoms with E-state index >= 15 is 0 Å². The van der Waals surface area contributed by atoms with Crippen LogP contribution in [0.4, 0.5) is 0 Å². The molecule has 0 saturated heterocycles. The maximum Gasteiger partial charge on any atom is 0.357 e. The second kappa shape index (κ2) is 9.12. The normalized spacial score (nSPS) is 10.7. The highest BCUT2D eigenvalue weighted by Crippen LogP contribution is 2.08. The Labute approximate surface area is 159 Å². The first kappa shape index (κ1) is 19.6. The van der Waals surface area contributed by atoms with Crippen LogP contribution in [0.15, 0.2) is 83.8 Å². The lowest BCUT2D eigenvalue weighted by Gasteiger charge is -2.05. The molecular formula is C20H19IO3S. The van der Waals surface area contributed by atoms with E-state index in [2.05, 4.69) is 61.5 Å². The summed E-state index contributed by atoms with van der Waals surface area (Å²) in [6, 6.07) is 25.4. The second-order valence-corrected chi connectivity index (χ2v) is 9.86.